The van der Waals surface area contributed by atoms with Crippen LogP contribution in [-0.4, -0.2) is 7.11 Å². The molecule has 20 heavy (non-hydrogen) atoms. The molecular weight excluding hydrogens is 281 g/mol. The average molecular weight is 296 g/mol. The quantitative estimate of drug-likeness (QED) is 0.918. The van der Waals surface area contributed by atoms with E-state index in [0.717, 1.165) is 5.56 Å². The van der Waals surface area contributed by atoms with Crippen LogP contribution in [0.1, 0.15) is 11.1 Å². The Balaban J connectivity index is 2.11. The van der Waals surface area contributed by atoms with E-state index in [-0.39, 0.29) is 12.4 Å². The van der Waals surface area contributed by atoms with Crippen molar-refractivity contribution in [3.05, 3.63) is 58.4 Å². The van der Waals surface area contributed by atoms with Crippen molar-refractivity contribution in [1.29, 1.82) is 0 Å². The molecule has 0 heterocycles. The molecule has 0 saturated carbocycles. The van der Waals surface area contributed by atoms with Gasteiger partial charge in [-0.2, -0.15) is 0 Å². The third-order valence-corrected chi connectivity index (χ3v) is 3.25. The van der Waals surface area contributed by atoms with E-state index < -0.39 is 5.82 Å². The summed E-state index contributed by atoms with van der Waals surface area (Å²) in [5.41, 5.74) is 6.79. The molecule has 0 atom stereocenters. The summed E-state index contributed by atoms with van der Waals surface area (Å²) >= 11 is 6.04. The van der Waals surface area contributed by atoms with E-state index in [0.29, 0.717) is 22.9 Å². The van der Waals surface area contributed by atoms with Gasteiger partial charge in [-0.05, 0) is 23.8 Å². The molecule has 106 valence electrons. The van der Waals surface area contributed by atoms with E-state index in [1.807, 2.05) is 0 Å². The summed E-state index contributed by atoms with van der Waals surface area (Å²) in [5, 5.41) is 0.538. The van der Waals surface area contributed by atoms with Crippen LogP contribution in [0.15, 0.2) is 36.4 Å². The van der Waals surface area contributed by atoms with Crippen molar-refractivity contribution >= 4 is 11.6 Å². The van der Waals surface area contributed by atoms with Crippen LogP contribution in [0, 0.1) is 5.82 Å². The first-order valence-electron chi connectivity index (χ1n) is 6.08. The second-order valence-electron chi connectivity index (χ2n) is 4.18. The highest BCUT2D eigenvalue weighted by Crippen LogP contribution is 2.25. The third-order valence-electron chi connectivity index (χ3n) is 2.90. The molecule has 2 N–H and O–H groups in total. The van der Waals surface area contributed by atoms with Crippen molar-refractivity contribution in [3.63, 3.8) is 0 Å². The molecule has 0 radical (unpaired) electrons. The largest absolute Gasteiger partial charge is 0.494 e. The van der Waals surface area contributed by atoms with Crippen LogP contribution in [0.2, 0.25) is 5.02 Å². The number of ether oxygens (including phenoxy) is 2. The predicted octanol–water partition coefficient (Wildman–Crippen LogP) is 3.53. The molecule has 2 aromatic carbocycles. The Kier molecular flexibility index (Phi) is 4.82. The Bertz CT molecular complexity index is 604. The monoisotopic (exact) mass is 295 g/mol. The lowest BCUT2D eigenvalue weighted by molar-refractivity contribution is 0.295. The summed E-state index contributed by atoms with van der Waals surface area (Å²) in [5.74, 6) is 0.344. The SMILES string of the molecule is COc1cccc(COc2ccc(CN)c(Cl)c2)c1F. The van der Waals surface area contributed by atoms with Gasteiger partial charge in [-0.25, -0.2) is 4.39 Å². The van der Waals surface area contributed by atoms with Crippen molar-refractivity contribution in [1.82, 2.24) is 0 Å². The highest BCUT2D eigenvalue weighted by molar-refractivity contribution is 6.31. The Morgan fingerprint density at radius 3 is 2.65 bits per heavy atom. The molecule has 0 aliphatic carbocycles. The smallest absolute Gasteiger partial charge is 0.171 e. The van der Waals surface area contributed by atoms with E-state index >= 15 is 0 Å². The second kappa shape index (κ2) is 6.59. The van der Waals surface area contributed by atoms with Crippen LogP contribution in [0.5, 0.6) is 11.5 Å². The predicted molar refractivity (Wildman–Crippen MR) is 76.6 cm³/mol. The van der Waals surface area contributed by atoms with Gasteiger partial charge in [0, 0.05) is 17.1 Å². The Morgan fingerprint density at radius 1 is 1.20 bits per heavy atom. The molecule has 5 heteroatoms. The maximum atomic E-state index is 13.9. The van der Waals surface area contributed by atoms with Crippen LogP contribution in [0.25, 0.3) is 0 Å². The normalized spacial score (nSPS) is 10.4. The molecule has 0 saturated heterocycles. The zero-order valence-electron chi connectivity index (χ0n) is 11.0. The van der Waals surface area contributed by atoms with Crippen molar-refractivity contribution in [2.24, 2.45) is 5.73 Å². The number of benzene rings is 2. The summed E-state index contributed by atoms with van der Waals surface area (Å²) < 4.78 is 24.4. The highest BCUT2D eigenvalue weighted by Gasteiger charge is 2.09. The summed E-state index contributed by atoms with van der Waals surface area (Å²) in [4.78, 5) is 0. The number of nitrogens with two attached hydrogens (primary N) is 1. The number of halogens is 2. The van der Waals surface area contributed by atoms with E-state index in [1.54, 1.807) is 36.4 Å². The van der Waals surface area contributed by atoms with Gasteiger partial charge in [-0.3, -0.25) is 0 Å². The number of hydrogen-bond donors (Lipinski definition) is 1. The molecule has 2 rings (SSSR count). The highest BCUT2D eigenvalue weighted by atomic mass is 35.5. The molecule has 0 aliphatic rings. The van der Waals surface area contributed by atoms with E-state index in [9.17, 15) is 4.39 Å². The van der Waals surface area contributed by atoms with Crippen molar-refractivity contribution < 1.29 is 13.9 Å². The topological polar surface area (TPSA) is 44.5 Å². The second-order valence-corrected chi connectivity index (χ2v) is 4.59. The van der Waals surface area contributed by atoms with E-state index in [4.69, 9.17) is 26.8 Å². The Morgan fingerprint density at radius 2 is 2.00 bits per heavy atom. The maximum absolute atomic E-state index is 13.9. The first kappa shape index (κ1) is 14.6. The number of methoxy groups -OCH3 is 1. The summed E-state index contributed by atoms with van der Waals surface area (Å²) in [6.07, 6.45) is 0. The molecule has 2 aromatic rings. The van der Waals surface area contributed by atoms with Gasteiger partial charge in [0.1, 0.15) is 12.4 Å². The van der Waals surface area contributed by atoms with Gasteiger partial charge in [-0.1, -0.05) is 29.8 Å². The van der Waals surface area contributed by atoms with Crippen LogP contribution in [-0.2, 0) is 13.2 Å². The molecular formula is C15H15ClFNO2. The summed E-state index contributed by atoms with van der Waals surface area (Å²) in [7, 11) is 1.42. The first-order chi connectivity index (χ1) is 9.65. The molecule has 0 unspecified atom stereocenters. The molecule has 3 nitrogen and oxygen atoms in total. The van der Waals surface area contributed by atoms with Gasteiger partial charge in [0.15, 0.2) is 11.6 Å². The van der Waals surface area contributed by atoms with E-state index in [1.165, 1.54) is 7.11 Å². The first-order valence-corrected chi connectivity index (χ1v) is 6.46. The Labute approximate surface area is 122 Å². The minimum Gasteiger partial charge on any atom is -0.494 e. The summed E-state index contributed by atoms with van der Waals surface area (Å²) in [6.45, 7) is 0.463. The van der Waals surface area contributed by atoms with Crippen molar-refractivity contribution in [3.8, 4) is 11.5 Å². The van der Waals surface area contributed by atoms with Crippen LogP contribution >= 0.6 is 11.6 Å². The minimum absolute atomic E-state index is 0.0985. The average Bonchev–Trinajstić information content (AvgIpc) is 2.46. The number of hydrogen-bond acceptors (Lipinski definition) is 3. The van der Waals surface area contributed by atoms with Gasteiger partial charge >= 0.3 is 0 Å². The van der Waals surface area contributed by atoms with Gasteiger partial charge in [0.25, 0.3) is 0 Å². The molecule has 0 bridgehead atoms. The minimum atomic E-state index is -0.417. The van der Waals surface area contributed by atoms with Gasteiger partial charge < -0.3 is 15.2 Å². The lowest BCUT2D eigenvalue weighted by Gasteiger charge is -2.10. The Hall–Kier alpha value is -1.78. The molecule has 0 fully saturated rings. The lowest BCUT2D eigenvalue weighted by atomic mass is 10.2. The third kappa shape index (κ3) is 3.21. The maximum Gasteiger partial charge on any atom is 0.171 e. The number of rotatable bonds is 5. The zero-order chi connectivity index (χ0) is 14.5. The van der Waals surface area contributed by atoms with Crippen molar-refractivity contribution in [2.45, 2.75) is 13.2 Å². The van der Waals surface area contributed by atoms with Crippen LogP contribution in [0.3, 0.4) is 0 Å². The lowest BCUT2D eigenvalue weighted by Crippen LogP contribution is -2.01. The van der Waals surface area contributed by atoms with Crippen molar-refractivity contribution in [2.75, 3.05) is 7.11 Å². The van der Waals surface area contributed by atoms with Crippen LogP contribution in [0.4, 0.5) is 4.39 Å². The van der Waals surface area contributed by atoms with Crippen LogP contribution < -0.4 is 15.2 Å². The zero-order valence-corrected chi connectivity index (χ0v) is 11.8. The molecule has 0 aromatic heterocycles. The van der Waals surface area contributed by atoms with E-state index in [2.05, 4.69) is 0 Å². The molecule has 0 aliphatic heterocycles. The fourth-order valence-electron chi connectivity index (χ4n) is 1.77. The molecule has 0 amide bonds. The standard InChI is InChI=1S/C15H15ClFNO2/c1-19-14-4-2-3-11(15(14)17)9-20-12-6-5-10(8-18)13(16)7-12/h2-7H,8-9,18H2,1H3. The molecule has 0 spiro atoms. The fourth-order valence-corrected chi connectivity index (χ4v) is 2.02. The van der Waals surface area contributed by atoms with Gasteiger partial charge in [0.2, 0.25) is 0 Å². The fraction of sp³-hybridized carbons (Fsp3) is 0.200. The summed E-state index contributed by atoms with van der Waals surface area (Å²) in [6, 6.07) is 10.1. The van der Waals surface area contributed by atoms with Gasteiger partial charge in [0.05, 0.1) is 7.11 Å². The van der Waals surface area contributed by atoms with Gasteiger partial charge in [-0.15, -0.1) is 0 Å².